The van der Waals surface area contributed by atoms with Gasteiger partial charge in [-0.2, -0.15) is 4.68 Å². The number of ether oxygens (including phenoxy) is 1. The van der Waals surface area contributed by atoms with Crippen molar-refractivity contribution in [2.24, 2.45) is 0 Å². The van der Waals surface area contributed by atoms with Crippen molar-refractivity contribution in [1.29, 1.82) is 0 Å². The van der Waals surface area contributed by atoms with Gasteiger partial charge in [0, 0.05) is 6.54 Å². The number of urea groups is 1. The Kier molecular flexibility index (Phi) is 6.03. The number of esters is 1. The lowest BCUT2D eigenvalue weighted by molar-refractivity contribution is -0.123. The number of nitrogens with zero attached hydrogens (tertiary/aromatic N) is 4. The molecule has 0 atom stereocenters. The van der Waals surface area contributed by atoms with Crippen LogP contribution in [-0.2, 0) is 16.1 Å². The van der Waals surface area contributed by atoms with E-state index < -0.39 is 24.5 Å². The predicted molar refractivity (Wildman–Crippen MR) is 96.3 cm³/mol. The molecule has 1 heterocycles. The Hall–Kier alpha value is -4.08. The lowest BCUT2D eigenvalue weighted by atomic mass is 10.2. The van der Waals surface area contributed by atoms with Crippen LogP contribution in [0.5, 0.6) is 0 Å². The molecule has 0 bridgehead atoms. The van der Waals surface area contributed by atoms with Crippen LogP contribution in [0.25, 0.3) is 5.69 Å². The standard InChI is InChI=1S/C18H16N6O4/c25-16(21-18(27)19-10-13-6-2-1-3-7-13)11-28-17(26)14-8-4-5-9-15(14)24-12-20-22-23-24/h1-9,12H,10-11H2,(H2,19,21,25,27). The topological polar surface area (TPSA) is 128 Å². The van der Waals surface area contributed by atoms with Crippen molar-refractivity contribution in [3.05, 3.63) is 72.1 Å². The van der Waals surface area contributed by atoms with Crippen molar-refractivity contribution in [3.63, 3.8) is 0 Å². The maximum Gasteiger partial charge on any atom is 0.340 e. The average Bonchev–Trinajstić information content (AvgIpc) is 3.26. The van der Waals surface area contributed by atoms with Gasteiger partial charge in [-0.05, 0) is 28.1 Å². The number of tetrazole rings is 1. The molecule has 2 N–H and O–H groups in total. The van der Waals surface area contributed by atoms with Gasteiger partial charge in [0.2, 0.25) is 0 Å². The van der Waals surface area contributed by atoms with Gasteiger partial charge in [-0.25, -0.2) is 9.59 Å². The molecule has 0 aliphatic rings. The van der Waals surface area contributed by atoms with Crippen LogP contribution in [0.15, 0.2) is 60.9 Å². The van der Waals surface area contributed by atoms with Crippen molar-refractivity contribution in [1.82, 2.24) is 30.8 Å². The molecule has 142 valence electrons. The number of imide groups is 1. The summed E-state index contributed by atoms with van der Waals surface area (Å²) in [6.45, 7) is -0.347. The van der Waals surface area contributed by atoms with Crippen LogP contribution in [0.2, 0.25) is 0 Å². The maximum atomic E-state index is 12.3. The first-order valence-electron chi connectivity index (χ1n) is 8.24. The van der Waals surface area contributed by atoms with Gasteiger partial charge in [-0.15, -0.1) is 5.10 Å². The SMILES string of the molecule is O=C(COC(=O)c1ccccc1-n1cnnn1)NC(=O)NCc1ccccc1. The molecule has 0 radical (unpaired) electrons. The van der Waals surface area contributed by atoms with E-state index >= 15 is 0 Å². The Balaban J connectivity index is 1.50. The molecule has 0 aliphatic carbocycles. The molecule has 0 spiro atoms. The maximum absolute atomic E-state index is 12.3. The molecule has 0 saturated carbocycles. The molecule has 3 amide bonds. The first-order valence-corrected chi connectivity index (χ1v) is 8.24. The lowest BCUT2D eigenvalue weighted by Gasteiger charge is -2.09. The van der Waals surface area contributed by atoms with Gasteiger partial charge in [0.05, 0.1) is 11.3 Å². The van der Waals surface area contributed by atoms with Gasteiger partial charge >= 0.3 is 12.0 Å². The minimum Gasteiger partial charge on any atom is -0.452 e. The van der Waals surface area contributed by atoms with Crippen LogP contribution < -0.4 is 10.6 Å². The van der Waals surface area contributed by atoms with Crippen molar-refractivity contribution >= 4 is 17.9 Å². The van der Waals surface area contributed by atoms with Crippen LogP contribution in [0, 0.1) is 0 Å². The van der Waals surface area contributed by atoms with E-state index in [0.717, 1.165) is 5.56 Å². The summed E-state index contributed by atoms with van der Waals surface area (Å²) in [6.07, 6.45) is 1.33. The van der Waals surface area contributed by atoms with Crippen molar-refractivity contribution in [2.45, 2.75) is 6.54 Å². The van der Waals surface area contributed by atoms with Crippen LogP contribution in [0.3, 0.4) is 0 Å². The summed E-state index contributed by atoms with van der Waals surface area (Å²) in [6, 6.07) is 15.0. The number of carbonyl (C=O) groups excluding carboxylic acids is 3. The number of para-hydroxylation sites is 1. The Labute approximate surface area is 159 Å². The number of hydrogen-bond acceptors (Lipinski definition) is 7. The summed E-state index contributed by atoms with van der Waals surface area (Å²) >= 11 is 0. The highest BCUT2D eigenvalue weighted by Gasteiger charge is 2.17. The second-order valence-electron chi connectivity index (χ2n) is 5.56. The second-order valence-corrected chi connectivity index (χ2v) is 5.56. The molecule has 0 unspecified atom stereocenters. The minimum atomic E-state index is -0.751. The largest absolute Gasteiger partial charge is 0.452 e. The molecular formula is C18H16N6O4. The molecule has 10 nitrogen and oxygen atoms in total. The average molecular weight is 380 g/mol. The van der Waals surface area contributed by atoms with Gasteiger partial charge in [-0.3, -0.25) is 10.1 Å². The molecule has 2 aromatic carbocycles. The third-order valence-corrected chi connectivity index (χ3v) is 3.60. The zero-order chi connectivity index (χ0) is 19.8. The Morgan fingerprint density at radius 1 is 1.00 bits per heavy atom. The molecular weight excluding hydrogens is 364 g/mol. The molecule has 0 aliphatic heterocycles. The smallest absolute Gasteiger partial charge is 0.340 e. The number of rotatable bonds is 6. The monoisotopic (exact) mass is 380 g/mol. The summed E-state index contributed by atoms with van der Waals surface area (Å²) in [4.78, 5) is 35.8. The third-order valence-electron chi connectivity index (χ3n) is 3.60. The summed E-state index contributed by atoms with van der Waals surface area (Å²) < 4.78 is 6.28. The van der Waals surface area contributed by atoms with Crippen LogP contribution in [0.1, 0.15) is 15.9 Å². The number of nitrogens with one attached hydrogen (secondary N) is 2. The van der Waals surface area contributed by atoms with Gasteiger partial charge in [0.15, 0.2) is 6.61 Å². The Bertz CT molecular complexity index is 959. The summed E-state index contributed by atoms with van der Waals surface area (Å²) in [5, 5.41) is 15.4. The van der Waals surface area contributed by atoms with Crippen molar-refractivity contribution in [2.75, 3.05) is 6.61 Å². The molecule has 0 fully saturated rings. The number of carbonyl (C=O) groups is 3. The highest BCUT2D eigenvalue weighted by molar-refractivity contribution is 5.98. The first-order chi connectivity index (χ1) is 13.6. The lowest BCUT2D eigenvalue weighted by Crippen LogP contribution is -2.41. The Morgan fingerprint density at radius 3 is 2.50 bits per heavy atom. The summed E-state index contributed by atoms with van der Waals surface area (Å²) in [7, 11) is 0. The number of benzene rings is 2. The molecule has 3 rings (SSSR count). The van der Waals surface area contributed by atoms with E-state index in [1.165, 1.54) is 17.1 Å². The van der Waals surface area contributed by atoms with Crippen LogP contribution >= 0.6 is 0 Å². The fourth-order valence-corrected chi connectivity index (χ4v) is 2.31. The van der Waals surface area contributed by atoms with E-state index in [1.807, 2.05) is 30.3 Å². The van der Waals surface area contributed by atoms with Crippen LogP contribution in [-0.4, -0.2) is 44.7 Å². The fourth-order valence-electron chi connectivity index (χ4n) is 2.31. The van der Waals surface area contributed by atoms with Gasteiger partial charge in [-0.1, -0.05) is 42.5 Å². The quantitative estimate of drug-likeness (QED) is 0.607. The zero-order valence-electron chi connectivity index (χ0n) is 14.6. The minimum absolute atomic E-state index is 0.177. The van der Waals surface area contributed by atoms with Crippen molar-refractivity contribution < 1.29 is 19.1 Å². The van der Waals surface area contributed by atoms with E-state index in [4.69, 9.17) is 4.74 Å². The first kappa shape index (κ1) is 18.7. The normalized spacial score (nSPS) is 10.1. The highest BCUT2D eigenvalue weighted by atomic mass is 16.5. The van der Waals surface area contributed by atoms with E-state index in [2.05, 4.69) is 26.2 Å². The predicted octanol–water partition coefficient (Wildman–Crippen LogP) is 0.845. The van der Waals surface area contributed by atoms with Gasteiger partial charge in [0.1, 0.15) is 6.33 Å². The number of aromatic nitrogens is 4. The van der Waals surface area contributed by atoms with E-state index in [9.17, 15) is 14.4 Å². The van der Waals surface area contributed by atoms with E-state index in [-0.39, 0.29) is 12.1 Å². The number of hydrogen-bond donors (Lipinski definition) is 2. The third kappa shape index (κ3) is 4.97. The molecule has 3 aromatic rings. The van der Waals surface area contributed by atoms with Gasteiger partial charge < -0.3 is 10.1 Å². The van der Waals surface area contributed by atoms with Crippen LogP contribution in [0.4, 0.5) is 4.79 Å². The van der Waals surface area contributed by atoms with E-state index in [1.54, 1.807) is 18.2 Å². The van der Waals surface area contributed by atoms with Gasteiger partial charge in [0.25, 0.3) is 5.91 Å². The Morgan fingerprint density at radius 2 is 1.75 bits per heavy atom. The molecule has 1 aromatic heterocycles. The van der Waals surface area contributed by atoms with E-state index in [0.29, 0.717) is 5.69 Å². The zero-order valence-corrected chi connectivity index (χ0v) is 14.6. The summed E-state index contributed by atoms with van der Waals surface area (Å²) in [5.41, 5.74) is 1.46. The molecule has 0 saturated heterocycles. The molecule has 28 heavy (non-hydrogen) atoms. The fraction of sp³-hybridized carbons (Fsp3) is 0.111. The highest BCUT2D eigenvalue weighted by Crippen LogP contribution is 2.13. The summed E-state index contributed by atoms with van der Waals surface area (Å²) in [5.74, 6) is -1.50. The molecule has 10 heteroatoms. The number of amides is 3. The van der Waals surface area contributed by atoms with Crippen molar-refractivity contribution in [3.8, 4) is 5.69 Å². The second kappa shape index (κ2) is 9.03.